The van der Waals surface area contributed by atoms with Crippen LogP contribution in [0.1, 0.15) is 6.42 Å². The van der Waals surface area contributed by atoms with E-state index in [4.69, 9.17) is 15.2 Å². The van der Waals surface area contributed by atoms with Crippen LogP contribution in [0.5, 0.6) is 0 Å². The fraction of sp³-hybridized carbons (Fsp3) is 0.471. The number of ether oxygens (including phenoxy) is 2. The molecular formula is C17H21N3O4S2. The molecule has 1 aromatic carbocycles. The number of sulfone groups is 1. The number of morpholine rings is 1. The van der Waals surface area contributed by atoms with Gasteiger partial charge < -0.3 is 20.1 Å². The van der Waals surface area contributed by atoms with Gasteiger partial charge in [-0.3, -0.25) is 0 Å². The van der Waals surface area contributed by atoms with Crippen LogP contribution in [0.25, 0.3) is 10.4 Å². The van der Waals surface area contributed by atoms with Crippen molar-refractivity contribution in [3.8, 4) is 10.4 Å². The van der Waals surface area contributed by atoms with E-state index >= 15 is 0 Å². The summed E-state index contributed by atoms with van der Waals surface area (Å²) in [5.41, 5.74) is 7.47. The first-order valence-electron chi connectivity index (χ1n) is 8.55. The molecule has 2 N–H and O–H groups in total. The van der Waals surface area contributed by atoms with Crippen LogP contribution in [0, 0.1) is 0 Å². The maximum absolute atomic E-state index is 13.1. The second-order valence-electron chi connectivity index (χ2n) is 6.41. The number of nitrogens with zero attached hydrogens (tertiary/aromatic N) is 2. The molecule has 9 heteroatoms. The van der Waals surface area contributed by atoms with Gasteiger partial charge in [0.2, 0.25) is 0 Å². The Morgan fingerprint density at radius 1 is 1.15 bits per heavy atom. The lowest BCUT2D eigenvalue weighted by Gasteiger charge is -2.29. The largest absolute Gasteiger partial charge is 0.380 e. The minimum absolute atomic E-state index is 0.257. The molecule has 140 valence electrons. The number of anilines is 2. The van der Waals surface area contributed by atoms with E-state index in [0.29, 0.717) is 36.3 Å². The van der Waals surface area contributed by atoms with E-state index in [2.05, 4.69) is 9.88 Å². The standard InChI is InChI=1S/C17H21N3O4S2/c18-17-19-10-16(25-17)12-7-13(20-2-5-23-6-3-20)9-15(8-12)26(21,22)14-1-4-24-11-14/h7-10,14H,1-6,11H2,(H2,18,19)/t14-/m0/s1. The number of rotatable bonds is 4. The molecule has 0 aliphatic carbocycles. The second kappa shape index (κ2) is 7.15. The van der Waals surface area contributed by atoms with Crippen LogP contribution >= 0.6 is 11.3 Å². The third-order valence-corrected chi connectivity index (χ3v) is 7.75. The summed E-state index contributed by atoms with van der Waals surface area (Å²) in [6.07, 6.45) is 2.22. The number of thiazole rings is 1. The Labute approximate surface area is 156 Å². The van der Waals surface area contributed by atoms with Crippen LogP contribution in [0.2, 0.25) is 0 Å². The number of benzene rings is 1. The van der Waals surface area contributed by atoms with Gasteiger partial charge in [-0.2, -0.15) is 0 Å². The highest BCUT2D eigenvalue weighted by atomic mass is 32.2. The molecule has 7 nitrogen and oxygen atoms in total. The summed E-state index contributed by atoms with van der Waals surface area (Å²) in [5.74, 6) is 0. The van der Waals surface area contributed by atoms with Gasteiger partial charge in [0.25, 0.3) is 0 Å². The van der Waals surface area contributed by atoms with Crippen molar-refractivity contribution in [1.82, 2.24) is 4.98 Å². The normalized spacial score (nSPS) is 21.2. The first-order chi connectivity index (χ1) is 12.5. The Balaban J connectivity index is 1.79. The molecule has 0 amide bonds. The maximum atomic E-state index is 13.1. The molecule has 2 aromatic rings. The van der Waals surface area contributed by atoms with E-state index in [9.17, 15) is 8.42 Å². The monoisotopic (exact) mass is 395 g/mol. The van der Waals surface area contributed by atoms with Crippen LogP contribution in [-0.2, 0) is 19.3 Å². The molecule has 0 spiro atoms. The van der Waals surface area contributed by atoms with E-state index in [0.717, 1.165) is 29.2 Å². The van der Waals surface area contributed by atoms with E-state index < -0.39 is 15.1 Å². The Morgan fingerprint density at radius 3 is 2.62 bits per heavy atom. The maximum Gasteiger partial charge on any atom is 0.183 e. The average Bonchev–Trinajstić information content (AvgIpc) is 3.34. The summed E-state index contributed by atoms with van der Waals surface area (Å²) in [6, 6.07) is 5.50. The van der Waals surface area contributed by atoms with Crippen molar-refractivity contribution in [3.63, 3.8) is 0 Å². The average molecular weight is 396 g/mol. The number of hydrogen-bond donors (Lipinski definition) is 1. The van der Waals surface area contributed by atoms with Crippen LogP contribution in [0.15, 0.2) is 29.3 Å². The summed E-state index contributed by atoms with van der Waals surface area (Å²) in [7, 11) is -3.45. The topological polar surface area (TPSA) is 94.7 Å². The van der Waals surface area contributed by atoms with E-state index in [-0.39, 0.29) is 6.61 Å². The number of aromatic nitrogens is 1. The number of nitrogens with two attached hydrogens (primary N) is 1. The Kier molecular flexibility index (Phi) is 4.87. The van der Waals surface area contributed by atoms with Gasteiger partial charge in [0, 0.05) is 31.6 Å². The Morgan fingerprint density at radius 2 is 1.96 bits per heavy atom. The van der Waals surface area contributed by atoms with Gasteiger partial charge in [0.1, 0.15) is 0 Å². The van der Waals surface area contributed by atoms with Gasteiger partial charge in [-0.1, -0.05) is 11.3 Å². The summed E-state index contributed by atoms with van der Waals surface area (Å²) in [5, 5.41) is -0.0211. The molecule has 4 rings (SSSR count). The first kappa shape index (κ1) is 17.7. The molecule has 2 saturated heterocycles. The van der Waals surface area contributed by atoms with E-state index in [1.165, 1.54) is 11.3 Å². The molecule has 2 fully saturated rings. The van der Waals surface area contributed by atoms with Crippen molar-refractivity contribution < 1.29 is 17.9 Å². The number of nitrogen functional groups attached to an aromatic ring is 1. The third kappa shape index (κ3) is 3.44. The summed E-state index contributed by atoms with van der Waals surface area (Å²) < 4.78 is 36.9. The molecule has 0 unspecified atom stereocenters. The molecule has 3 heterocycles. The fourth-order valence-electron chi connectivity index (χ4n) is 3.27. The van der Waals surface area contributed by atoms with Crippen LogP contribution in [0.3, 0.4) is 0 Å². The molecule has 1 atom stereocenters. The predicted molar refractivity (Wildman–Crippen MR) is 101 cm³/mol. The van der Waals surface area contributed by atoms with Crippen molar-refractivity contribution in [2.75, 3.05) is 50.2 Å². The van der Waals surface area contributed by atoms with Crippen molar-refractivity contribution >= 4 is 32.0 Å². The highest BCUT2D eigenvalue weighted by Gasteiger charge is 2.32. The summed E-state index contributed by atoms with van der Waals surface area (Å²) in [6.45, 7) is 3.49. The highest BCUT2D eigenvalue weighted by Crippen LogP contribution is 2.35. The lowest BCUT2D eigenvalue weighted by molar-refractivity contribution is 0.122. The SMILES string of the molecule is Nc1ncc(-c2cc(N3CCOCC3)cc(S(=O)(=O)[C@H]3CCOC3)c2)s1. The highest BCUT2D eigenvalue weighted by molar-refractivity contribution is 7.92. The minimum Gasteiger partial charge on any atom is -0.380 e. The van der Waals surface area contributed by atoms with Crippen molar-refractivity contribution in [2.24, 2.45) is 0 Å². The van der Waals surface area contributed by atoms with Crippen LogP contribution < -0.4 is 10.6 Å². The van der Waals surface area contributed by atoms with Crippen molar-refractivity contribution in [3.05, 3.63) is 24.4 Å². The molecule has 1 aromatic heterocycles. The lowest BCUT2D eigenvalue weighted by Crippen LogP contribution is -2.36. The molecule has 26 heavy (non-hydrogen) atoms. The molecule has 2 aliphatic rings. The quantitative estimate of drug-likeness (QED) is 0.843. The number of hydrogen-bond acceptors (Lipinski definition) is 8. The predicted octanol–water partition coefficient (Wildman–Crippen LogP) is 1.79. The van der Waals surface area contributed by atoms with Crippen molar-refractivity contribution in [2.45, 2.75) is 16.6 Å². The molecular weight excluding hydrogens is 374 g/mol. The molecule has 0 saturated carbocycles. The van der Waals surface area contributed by atoms with Gasteiger partial charge in [0.05, 0.1) is 34.8 Å². The zero-order chi connectivity index (χ0) is 18.1. The second-order valence-corrected chi connectivity index (χ2v) is 9.70. The lowest BCUT2D eigenvalue weighted by atomic mass is 10.1. The Hall–Kier alpha value is -1.68. The molecule has 0 bridgehead atoms. The zero-order valence-electron chi connectivity index (χ0n) is 14.3. The molecule has 2 aliphatic heterocycles. The van der Waals surface area contributed by atoms with Crippen molar-refractivity contribution in [1.29, 1.82) is 0 Å². The Bertz CT molecular complexity index is 885. The molecule has 0 radical (unpaired) electrons. The summed E-state index contributed by atoms with van der Waals surface area (Å²) in [4.78, 5) is 7.44. The van der Waals surface area contributed by atoms with Gasteiger partial charge in [-0.25, -0.2) is 13.4 Å². The first-order valence-corrected chi connectivity index (χ1v) is 10.9. The van der Waals surface area contributed by atoms with E-state index in [1.54, 1.807) is 18.3 Å². The zero-order valence-corrected chi connectivity index (χ0v) is 15.9. The van der Waals surface area contributed by atoms with E-state index in [1.807, 2.05) is 6.07 Å². The fourth-order valence-corrected chi connectivity index (χ4v) is 5.58. The van der Waals surface area contributed by atoms with Gasteiger partial charge in [-0.15, -0.1) is 0 Å². The van der Waals surface area contributed by atoms with Crippen LogP contribution in [0.4, 0.5) is 10.8 Å². The smallest absolute Gasteiger partial charge is 0.183 e. The van der Waals surface area contributed by atoms with Gasteiger partial charge in [0.15, 0.2) is 15.0 Å². The van der Waals surface area contributed by atoms with Gasteiger partial charge in [-0.05, 0) is 30.2 Å². The third-order valence-electron chi connectivity index (χ3n) is 4.73. The minimum atomic E-state index is -3.45. The van der Waals surface area contributed by atoms with Crippen LogP contribution in [-0.4, -0.2) is 58.2 Å². The summed E-state index contributed by atoms with van der Waals surface area (Å²) >= 11 is 1.35. The van der Waals surface area contributed by atoms with Gasteiger partial charge >= 0.3 is 0 Å².